The molecule has 1 unspecified atom stereocenters. The molecule has 3 aliphatic carbocycles. The molecule has 3 aliphatic rings. The lowest BCUT2D eigenvalue weighted by Crippen LogP contribution is -2.36. The molecule has 3 saturated carbocycles. The van der Waals surface area contributed by atoms with Gasteiger partial charge in [0.1, 0.15) is 5.78 Å². The second kappa shape index (κ2) is 7.97. The molecule has 1 nitrogen and oxygen atoms in total. The SMILES string of the molecule is CCCCC[C@H]1CC[C@H]([C@H]2CC[C@H](C3CCC3=O)CC2)CC1. The highest BCUT2D eigenvalue weighted by molar-refractivity contribution is 5.86. The van der Waals surface area contributed by atoms with E-state index >= 15 is 0 Å². The molecule has 0 heterocycles. The van der Waals surface area contributed by atoms with Gasteiger partial charge in [0.25, 0.3) is 0 Å². The van der Waals surface area contributed by atoms with E-state index in [4.69, 9.17) is 0 Å². The van der Waals surface area contributed by atoms with Crippen molar-refractivity contribution in [3.8, 4) is 0 Å². The normalized spacial score (nSPS) is 39.5. The van der Waals surface area contributed by atoms with Crippen LogP contribution in [0, 0.1) is 29.6 Å². The van der Waals surface area contributed by atoms with Gasteiger partial charge in [0.05, 0.1) is 0 Å². The number of hydrogen-bond donors (Lipinski definition) is 0. The summed E-state index contributed by atoms with van der Waals surface area (Å²) in [4.78, 5) is 11.7. The third-order valence-electron chi connectivity index (χ3n) is 7.27. The minimum Gasteiger partial charge on any atom is -0.299 e. The first-order chi connectivity index (χ1) is 10.8. The number of Topliss-reactive ketones (excluding diaryl/α,β-unsaturated/α-hetero) is 1. The molecule has 0 aromatic heterocycles. The predicted octanol–water partition coefficient (Wildman–Crippen LogP) is 6.16. The summed E-state index contributed by atoms with van der Waals surface area (Å²) < 4.78 is 0. The third-order valence-corrected chi connectivity index (χ3v) is 7.27. The zero-order valence-corrected chi connectivity index (χ0v) is 14.7. The van der Waals surface area contributed by atoms with Crippen LogP contribution in [0.1, 0.15) is 96.8 Å². The molecule has 126 valence electrons. The van der Waals surface area contributed by atoms with E-state index in [9.17, 15) is 4.79 Å². The van der Waals surface area contributed by atoms with E-state index in [1.807, 2.05) is 0 Å². The van der Waals surface area contributed by atoms with Crippen LogP contribution in [0.2, 0.25) is 0 Å². The molecule has 0 radical (unpaired) electrons. The van der Waals surface area contributed by atoms with Gasteiger partial charge in [-0.05, 0) is 68.6 Å². The summed E-state index contributed by atoms with van der Waals surface area (Å²) >= 11 is 0. The molecule has 0 N–H and O–H groups in total. The monoisotopic (exact) mass is 304 g/mol. The van der Waals surface area contributed by atoms with Crippen molar-refractivity contribution in [1.82, 2.24) is 0 Å². The fraction of sp³-hybridized carbons (Fsp3) is 0.952. The Morgan fingerprint density at radius 2 is 1.36 bits per heavy atom. The Morgan fingerprint density at radius 3 is 1.86 bits per heavy atom. The van der Waals surface area contributed by atoms with E-state index in [-0.39, 0.29) is 0 Å². The molecule has 0 saturated heterocycles. The molecular formula is C21H36O. The van der Waals surface area contributed by atoms with E-state index < -0.39 is 0 Å². The quantitative estimate of drug-likeness (QED) is 0.537. The molecule has 0 bridgehead atoms. The minimum atomic E-state index is 0.482. The van der Waals surface area contributed by atoms with Gasteiger partial charge in [-0.2, -0.15) is 0 Å². The van der Waals surface area contributed by atoms with Crippen molar-refractivity contribution >= 4 is 5.78 Å². The molecule has 0 amide bonds. The average molecular weight is 305 g/mol. The van der Waals surface area contributed by atoms with Crippen LogP contribution in [-0.4, -0.2) is 5.78 Å². The van der Waals surface area contributed by atoms with Gasteiger partial charge in [0.15, 0.2) is 0 Å². The zero-order valence-electron chi connectivity index (χ0n) is 14.7. The van der Waals surface area contributed by atoms with Crippen molar-refractivity contribution in [3.63, 3.8) is 0 Å². The Bertz CT molecular complexity index is 345. The van der Waals surface area contributed by atoms with E-state index in [1.165, 1.54) is 83.5 Å². The number of hydrogen-bond acceptors (Lipinski definition) is 1. The number of rotatable bonds is 6. The van der Waals surface area contributed by atoms with Crippen LogP contribution in [-0.2, 0) is 4.79 Å². The van der Waals surface area contributed by atoms with Gasteiger partial charge in [-0.15, -0.1) is 0 Å². The largest absolute Gasteiger partial charge is 0.299 e. The first kappa shape index (κ1) is 16.5. The van der Waals surface area contributed by atoms with Gasteiger partial charge in [-0.25, -0.2) is 0 Å². The number of unbranched alkanes of at least 4 members (excludes halogenated alkanes) is 2. The Morgan fingerprint density at radius 1 is 0.773 bits per heavy atom. The molecule has 22 heavy (non-hydrogen) atoms. The average Bonchev–Trinajstić information content (AvgIpc) is 2.55. The maximum Gasteiger partial charge on any atom is 0.136 e. The Kier molecular flexibility index (Phi) is 5.99. The van der Waals surface area contributed by atoms with E-state index in [2.05, 4.69) is 6.92 Å². The Hall–Kier alpha value is -0.330. The van der Waals surface area contributed by atoms with Crippen LogP contribution in [0.4, 0.5) is 0 Å². The summed E-state index contributed by atoms with van der Waals surface area (Å²) in [6.07, 6.45) is 19.5. The van der Waals surface area contributed by atoms with Crippen LogP contribution in [0.5, 0.6) is 0 Å². The number of carbonyl (C=O) groups excluding carboxylic acids is 1. The summed E-state index contributed by atoms with van der Waals surface area (Å²) in [6.45, 7) is 2.31. The smallest absolute Gasteiger partial charge is 0.136 e. The van der Waals surface area contributed by atoms with E-state index in [1.54, 1.807) is 0 Å². The fourth-order valence-corrected chi connectivity index (χ4v) is 5.58. The molecule has 0 aliphatic heterocycles. The van der Waals surface area contributed by atoms with Gasteiger partial charge in [-0.1, -0.05) is 45.4 Å². The van der Waals surface area contributed by atoms with Crippen molar-refractivity contribution in [3.05, 3.63) is 0 Å². The summed E-state index contributed by atoms with van der Waals surface area (Å²) in [6, 6.07) is 0. The minimum absolute atomic E-state index is 0.482. The Labute approximate surface area is 137 Å². The summed E-state index contributed by atoms with van der Waals surface area (Å²) in [5, 5.41) is 0. The van der Waals surface area contributed by atoms with Gasteiger partial charge >= 0.3 is 0 Å². The number of carbonyl (C=O) groups is 1. The first-order valence-corrected chi connectivity index (χ1v) is 10.3. The van der Waals surface area contributed by atoms with Crippen molar-refractivity contribution in [2.75, 3.05) is 0 Å². The third kappa shape index (κ3) is 3.95. The van der Waals surface area contributed by atoms with Gasteiger partial charge in [0.2, 0.25) is 0 Å². The lowest BCUT2D eigenvalue weighted by molar-refractivity contribution is -0.132. The number of ketones is 1. The van der Waals surface area contributed by atoms with Gasteiger partial charge in [0, 0.05) is 12.3 Å². The maximum absolute atomic E-state index is 11.7. The second-order valence-corrected chi connectivity index (χ2v) is 8.56. The van der Waals surface area contributed by atoms with Crippen LogP contribution < -0.4 is 0 Å². The molecule has 1 heteroatoms. The fourth-order valence-electron chi connectivity index (χ4n) is 5.58. The van der Waals surface area contributed by atoms with Crippen LogP contribution in [0.25, 0.3) is 0 Å². The summed E-state index contributed by atoms with van der Waals surface area (Å²) in [7, 11) is 0. The summed E-state index contributed by atoms with van der Waals surface area (Å²) in [5.41, 5.74) is 0. The highest BCUT2D eigenvalue weighted by atomic mass is 16.1. The maximum atomic E-state index is 11.7. The topological polar surface area (TPSA) is 17.1 Å². The van der Waals surface area contributed by atoms with Crippen molar-refractivity contribution in [2.45, 2.75) is 96.8 Å². The van der Waals surface area contributed by atoms with Crippen LogP contribution >= 0.6 is 0 Å². The molecule has 1 atom stereocenters. The Balaban J connectivity index is 1.35. The van der Waals surface area contributed by atoms with Crippen molar-refractivity contribution < 1.29 is 4.79 Å². The highest BCUT2D eigenvalue weighted by Crippen LogP contribution is 2.45. The van der Waals surface area contributed by atoms with Gasteiger partial charge < -0.3 is 0 Å². The molecule has 3 rings (SSSR count). The predicted molar refractivity (Wildman–Crippen MR) is 92.8 cm³/mol. The molecular weight excluding hydrogens is 268 g/mol. The molecule has 0 aromatic carbocycles. The molecule has 3 fully saturated rings. The standard InChI is InChI=1S/C21H36O/c1-2-3-4-5-16-6-8-17(9-7-16)18-10-12-19(13-11-18)20-14-15-21(20)22/h16-20H,2-15H2,1H3/t16-,17-,18-,19-,20?. The van der Waals surface area contributed by atoms with Crippen LogP contribution in [0.3, 0.4) is 0 Å². The lowest BCUT2D eigenvalue weighted by Gasteiger charge is -2.41. The molecule has 0 spiro atoms. The van der Waals surface area contributed by atoms with Crippen molar-refractivity contribution in [2.24, 2.45) is 29.6 Å². The van der Waals surface area contributed by atoms with E-state index in [0.29, 0.717) is 11.7 Å². The zero-order chi connectivity index (χ0) is 15.4. The second-order valence-electron chi connectivity index (χ2n) is 8.56. The van der Waals surface area contributed by atoms with Gasteiger partial charge in [-0.3, -0.25) is 4.79 Å². The van der Waals surface area contributed by atoms with Crippen molar-refractivity contribution in [1.29, 1.82) is 0 Å². The molecule has 0 aromatic rings. The van der Waals surface area contributed by atoms with Crippen LogP contribution in [0.15, 0.2) is 0 Å². The summed E-state index contributed by atoms with van der Waals surface area (Å²) in [5.74, 6) is 4.91. The first-order valence-electron chi connectivity index (χ1n) is 10.3. The van der Waals surface area contributed by atoms with E-state index in [0.717, 1.165) is 30.1 Å². The lowest BCUT2D eigenvalue weighted by atomic mass is 9.63. The highest BCUT2D eigenvalue weighted by Gasteiger charge is 2.38.